The maximum Gasteiger partial charge on any atom is 0.132 e. The minimum absolute atomic E-state index is 0.155. The molecule has 0 radical (unpaired) electrons. The van der Waals surface area contributed by atoms with Gasteiger partial charge >= 0.3 is 0 Å². The maximum absolute atomic E-state index is 5.91. The van der Waals surface area contributed by atoms with Crippen LogP contribution in [0.4, 0.5) is 0 Å². The molecule has 1 aromatic rings. The SMILES string of the molecule is CCC(N)C(C)c1ncc(C)cn1. The average Bonchev–Trinajstić information content (AvgIpc) is 2.17. The third-order valence-electron chi connectivity index (χ3n) is 2.32. The van der Waals surface area contributed by atoms with E-state index in [0.717, 1.165) is 17.8 Å². The molecule has 0 aliphatic carbocycles. The van der Waals surface area contributed by atoms with Gasteiger partial charge in [-0.05, 0) is 18.9 Å². The van der Waals surface area contributed by atoms with Crippen LogP contribution in [0, 0.1) is 6.92 Å². The predicted octanol–water partition coefficient (Wildman–Crippen LogP) is 1.63. The van der Waals surface area contributed by atoms with E-state index in [1.807, 2.05) is 19.3 Å². The minimum atomic E-state index is 0.155. The molecule has 3 nitrogen and oxygen atoms in total. The van der Waals surface area contributed by atoms with Gasteiger partial charge in [0.05, 0.1) is 0 Å². The third-order valence-corrected chi connectivity index (χ3v) is 2.32. The fraction of sp³-hybridized carbons (Fsp3) is 0.600. The number of rotatable bonds is 3. The molecule has 72 valence electrons. The van der Waals surface area contributed by atoms with Crippen molar-refractivity contribution in [3.63, 3.8) is 0 Å². The van der Waals surface area contributed by atoms with Crippen LogP contribution in [-0.2, 0) is 0 Å². The molecule has 0 aliphatic heterocycles. The summed E-state index contributed by atoms with van der Waals surface area (Å²) >= 11 is 0. The lowest BCUT2D eigenvalue weighted by Gasteiger charge is -2.16. The fourth-order valence-corrected chi connectivity index (χ4v) is 1.18. The first-order valence-corrected chi connectivity index (χ1v) is 4.69. The number of nitrogens with zero attached hydrogens (tertiary/aromatic N) is 2. The number of nitrogens with two attached hydrogens (primary N) is 1. The first-order valence-electron chi connectivity index (χ1n) is 4.69. The second-order valence-electron chi connectivity index (χ2n) is 3.48. The largest absolute Gasteiger partial charge is 0.327 e. The van der Waals surface area contributed by atoms with Gasteiger partial charge in [0.25, 0.3) is 0 Å². The Hall–Kier alpha value is -0.960. The first-order chi connectivity index (χ1) is 6.15. The Morgan fingerprint density at radius 3 is 2.38 bits per heavy atom. The van der Waals surface area contributed by atoms with Crippen molar-refractivity contribution in [3.8, 4) is 0 Å². The van der Waals surface area contributed by atoms with Crippen LogP contribution in [0.3, 0.4) is 0 Å². The second-order valence-corrected chi connectivity index (χ2v) is 3.48. The summed E-state index contributed by atoms with van der Waals surface area (Å²) in [7, 11) is 0. The van der Waals surface area contributed by atoms with Crippen LogP contribution in [-0.4, -0.2) is 16.0 Å². The molecular weight excluding hydrogens is 162 g/mol. The summed E-state index contributed by atoms with van der Waals surface area (Å²) in [6.07, 6.45) is 4.63. The van der Waals surface area contributed by atoms with Crippen molar-refractivity contribution in [3.05, 3.63) is 23.8 Å². The Labute approximate surface area is 79.4 Å². The molecule has 2 N–H and O–H groups in total. The van der Waals surface area contributed by atoms with E-state index < -0.39 is 0 Å². The molecule has 13 heavy (non-hydrogen) atoms. The molecule has 2 atom stereocenters. The maximum atomic E-state index is 5.91. The number of hydrogen-bond acceptors (Lipinski definition) is 3. The Kier molecular flexibility index (Phi) is 3.37. The van der Waals surface area contributed by atoms with E-state index >= 15 is 0 Å². The van der Waals surface area contributed by atoms with Crippen molar-refractivity contribution < 1.29 is 0 Å². The third kappa shape index (κ3) is 2.49. The molecule has 1 rings (SSSR count). The zero-order valence-electron chi connectivity index (χ0n) is 8.49. The van der Waals surface area contributed by atoms with Gasteiger partial charge in [0.1, 0.15) is 5.82 Å². The minimum Gasteiger partial charge on any atom is -0.327 e. The topological polar surface area (TPSA) is 51.8 Å². The van der Waals surface area contributed by atoms with E-state index in [1.54, 1.807) is 0 Å². The van der Waals surface area contributed by atoms with Crippen molar-refractivity contribution >= 4 is 0 Å². The normalized spacial score (nSPS) is 15.4. The molecule has 3 heteroatoms. The van der Waals surface area contributed by atoms with Crippen LogP contribution in [0.15, 0.2) is 12.4 Å². The van der Waals surface area contributed by atoms with Crippen LogP contribution >= 0.6 is 0 Å². The van der Waals surface area contributed by atoms with Crippen molar-refractivity contribution in [1.29, 1.82) is 0 Å². The van der Waals surface area contributed by atoms with Gasteiger partial charge in [0.15, 0.2) is 0 Å². The van der Waals surface area contributed by atoms with E-state index in [-0.39, 0.29) is 12.0 Å². The summed E-state index contributed by atoms with van der Waals surface area (Å²) in [4.78, 5) is 8.51. The molecule has 0 spiro atoms. The molecule has 1 heterocycles. The van der Waals surface area contributed by atoms with Gasteiger partial charge in [0.2, 0.25) is 0 Å². The highest BCUT2D eigenvalue weighted by atomic mass is 14.9. The molecular formula is C10H17N3. The highest BCUT2D eigenvalue weighted by Gasteiger charge is 2.14. The summed E-state index contributed by atoms with van der Waals surface area (Å²) in [5.41, 5.74) is 6.99. The van der Waals surface area contributed by atoms with Crippen molar-refractivity contribution in [1.82, 2.24) is 9.97 Å². The molecule has 0 saturated carbocycles. The average molecular weight is 179 g/mol. The molecule has 1 aromatic heterocycles. The quantitative estimate of drug-likeness (QED) is 0.767. The van der Waals surface area contributed by atoms with E-state index in [0.29, 0.717) is 0 Å². The molecule has 0 amide bonds. The van der Waals surface area contributed by atoms with Crippen LogP contribution < -0.4 is 5.73 Å². The van der Waals surface area contributed by atoms with Crippen LogP contribution in [0.5, 0.6) is 0 Å². The number of aromatic nitrogens is 2. The van der Waals surface area contributed by atoms with Crippen LogP contribution in [0.2, 0.25) is 0 Å². The lowest BCUT2D eigenvalue weighted by atomic mass is 10.00. The lowest BCUT2D eigenvalue weighted by molar-refractivity contribution is 0.528. The van der Waals surface area contributed by atoms with Crippen LogP contribution in [0.1, 0.15) is 37.6 Å². The molecule has 0 bridgehead atoms. The van der Waals surface area contributed by atoms with Gasteiger partial charge in [-0.1, -0.05) is 13.8 Å². The highest BCUT2D eigenvalue weighted by Crippen LogP contribution is 2.14. The fourth-order valence-electron chi connectivity index (χ4n) is 1.18. The van der Waals surface area contributed by atoms with Gasteiger partial charge in [-0.15, -0.1) is 0 Å². The van der Waals surface area contributed by atoms with Gasteiger partial charge < -0.3 is 5.73 Å². The summed E-state index contributed by atoms with van der Waals surface area (Å²) in [6, 6.07) is 0.155. The highest BCUT2D eigenvalue weighted by molar-refractivity contribution is 5.05. The summed E-state index contributed by atoms with van der Waals surface area (Å²) in [6.45, 7) is 6.13. The van der Waals surface area contributed by atoms with Crippen molar-refractivity contribution in [2.75, 3.05) is 0 Å². The molecule has 0 saturated heterocycles. The van der Waals surface area contributed by atoms with E-state index in [2.05, 4.69) is 23.8 Å². The summed E-state index contributed by atoms with van der Waals surface area (Å²) < 4.78 is 0. The zero-order valence-corrected chi connectivity index (χ0v) is 8.49. The summed E-state index contributed by atoms with van der Waals surface area (Å²) in [5.74, 6) is 1.09. The van der Waals surface area contributed by atoms with Crippen LogP contribution in [0.25, 0.3) is 0 Å². The number of hydrogen-bond donors (Lipinski definition) is 1. The number of aryl methyl sites for hydroxylation is 1. The Balaban J connectivity index is 2.77. The van der Waals surface area contributed by atoms with E-state index in [9.17, 15) is 0 Å². The first kappa shape index (κ1) is 10.1. The van der Waals surface area contributed by atoms with Gasteiger partial charge in [-0.25, -0.2) is 9.97 Å². The second kappa shape index (κ2) is 4.33. The molecule has 0 fully saturated rings. The van der Waals surface area contributed by atoms with Crippen molar-refractivity contribution in [2.24, 2.45) is 5.73 Å². The molecule has 0 aromatic carbocycles. The van der Waals surface area contributed by atoms with Gasteiger partial charge in [0, 0.05) is 24.4 Å². The summed E-state index contributed by atoms with van der Waals surface area (Å²) in [5, 5.41) is 0. The van der Waals surface area contributed by atoms with E-state index in [1.165, 1.54) is 0 Å². The Morgan fingerprint density at radius 2 is 1.92 bits per heavy atom. The monoisotopic (exact) mass is 179 g/mol. The van der Waals surface area contributed by atoms with Crippen molar-refractivity contribution in [2.45, 2.75) is 39.2 Å². The van der Waals surface area contributed by atoms with Gasteiger partial charge in [-0.2, -0.15) is 0 Å². The smallest absolute Gasteiger partial charge is 0.132 e. The Bertz CT molecular complexity index is 255. The standard InChI is InChI=1S/C10H17N3/c1-4-9(11)8(3)10-12-5-7(2)6-13-10/h5-6,8-9H,4,11H2,1-3H3. The Morgan fingerprint density at radius 1 is 1.38 bits per heavy atom. The molecule has 0 aliphatic rings. The zero-order chi connectivity index (χ0) is 9.84. The molecule has 2 unspecified atom stereocenters. The van der Waals surface area contributed by atoms with Gasteiger partial charge in [-0.3, -0.25) is 0 Å². The predicted molar refractivity (Wildman–Crippen MR) is 53.5 cm³/mol. The lowest BCUT2D eigenvalue weighted by Crippen LogP contribution is -2.26. The van der Waals surface area contributed by atoms with E-state index in [4.69, 9.17) is 5.73 Å².